The maximum absolute atomic E-state index is 10.2. The highest BCUT2D eigenvalue weighted by Gasteiger charge is 1.83. The van der Waals surface area contributed by atoms with Gasteiger partial charge in [0.15, 0.2) is 0 Å². The molecule has 0 aromatic carbocycles. The molecule has 0 unspecified atom stereocenters. The first-order valence-corrected chi connectivity index (χ1v) is 2.21. The van der Waals surface area contributed by atoms with Crippen LogP contribution in [0.2, 0.25) is 0 Å². The topological polar surface area (TPSA) is 41.5 Å². The smallest absolute Gasteiger partial charge is 0.263 e. The molecule has 8 heavy (non-hydrogen) atoms. The van der Waals surface area contributed by atoms with Crippen LogP contribution in [-0.2, 0) is 4.79 Å². The van der Waals surface area contributed by atoms with E-state index in [2.05, 4.69) is 17.1 Å². The second-order valence-corrected chi connectivity index (χ2v) is 1.07. The van der Waals surface area contributed by atoms with Gasteiger partial charge in [0.25, 0.3) is 5.91 Å². The van der Waals surface area contributed by atoms with Crippen LogP contribution >= 0.6 is 0 Å². The molecule has 0 bridgehead atoms. The SMILES string of the molecule is C=CC(=O)N/N=C\C. The summed E-state index contributed by atoms with van der Waals surface area (Å²) in [4.78, 5) is 10.2. The van der Waals surface area contributed by atoms with Crippen LogP contribution in [0.1, 0.15) is 6.92 Å². The minimum absolute atomic E-state index is 0.289. The Balaban J connectivity index is 3.39. The molecule has 1 N–H and O–H groups in total. The van der Waals surface area contributed by atoms with Gasteiger partial charge in [-0.3, -0.25) is 4.79 Å². The first-order chi connectivity index (χ1) is 3.81. The fourth-order valence-electron chi connectivity index (χ4n) is 0.174. The van der Waals surface area contributed by atoms with Crippen molar-refractivity contribution in [1.82, 2.24) is 5.43 Å². The molecule has 0 aromatic rings. The second-order valence-electron chi connectivity index (χ2n) is 1.07. The predicted octanol–water partition coefficient (Wildman–Crippen LogP) is 0.294. The van der Waals surface area contributed by atoms with E-state index < -0.39 is 0 Å². The van der Waals surface area contributed by atoms with E-state index in [1.165, 1.54) is 6.21 Å². The van der Waals surface area contributed by atoms with Gasteiger partial charge in [-0.25, -0.2) is 5.43 Å². The fourth-order valence-corrected chi connectivity index (χ4v) is 0.174. The van der Waals surface area contributed by atoms with Crippen LogP contribution in [0.15, 0.2) is 17.8 Å². The number of nitrogens with zero attached hydrogens (tertiary/aromatic N) is 1. The molecule has 0 heterocycles. The van der Waals surface area contributed by atoms with E-state index in [4.69, 9.17) is 0 Å². The van der Waals surface area contributed by atoms with Gasteiger partial charge >= 0.3 is 0 Å². The van der Waals surface area contributed by atoms with Crippen LogP contribution in [0.25, 0.3) is 0 Å². The summed E-state index contributed by atoms with van der Waals surface area (Å²) in [6.45, 7) is 4.94. The molecule has 44 valence electrons. The molecule has 0 aliphatic rings. The molecule has 0 aliphatic carbocycles. The third kappa shape index (κ3) is 3.08. The lowest BCUT2D eigenvalue weighted by molar-refractivity contribution is -0.116. The standard InChI is InChI=1S/C5H8N2O/c1-3-5(8)7-6-4-2/h3-4H,1H2,2H3,(H,7,8)/b6-4-. The summed E-state index contributed by atoms with van der Waals surface area (Å²) in [5.74, 6) is -0.289. The quantitative estimate of drug-likeness (QED) is 0.311. The van der Waals surface area contributed by atoms with Gasteiger partial charge in [-0.2, -0.15) is 5.10 Å². The van der Waals surface area contributed by atoms with E-state index in [1.54, 1.807) is 6.92 Å². The number of rotatable bonds is 2. The second kappa shape index (κ2) is 4.05. The van der Waals surface area contributed by atoms with Gasteiger partial charge in [-0.15, -0.1) is 0 Å². The summed E-state index contributed by atoms with van der Waals surface area (Å²) in [5, 5.41) is 3.45. The molecule has 1 amide bonds. The Hall–Kier alpha value is -1.12. The molecule has 0 rings (SSSR count). The van der Waals surface area contributed by atoms with Crippen molar-refractivity contribution in [2.24, 2.45) is 5.10 Å². The van der Waals surface area contributed by atoms with Crippen molar-refractivity contribution in [1.29, 1.82) is 0 Å². The van der Waals surface area contributed by atoms with Gasteiger partial charge in [0, 0.05) is 6.21 Å². The molecule has 0 aromatic heterocycles. The van der Waals surface area contributed by atoms with Crippen LogP contribution in [0.4, 0.5) is 0 Å². The zero-order valence-corrected chi connectivity index (χ0v) is 4.72. The number of hydrogen-bond acceptors (Lipinski definition) is 2. The normalized spacial score (nSPS) is 9.12. The van der Waals surface area contributed by atoms with E-state index >= 15 is 0 Å². The number of nitrogens with one attached hydrogen (secondary N) is 1. The van der Waals surface area contributed by atoms with Crippen molar-refractivity contribution in [3.05, 3.63) is 12.7 Å². The summed E-state index contributed by atoms with van der Waals surface area (Å²) in [5.41, 5.74) is 2.19. The van der Waals surface area contributed by atoms with Gasteiger partial charge < -0.3 is 0 Å². The summed E-state index contributed by atoms with van der Waals surface area (Å²) in [7, 11) is 0. The number of hydrogen-bond donors (Lipinski definition) is 1. The lowest BCUT2D eigenvalue weighted by atomic mass is 10.6. The van der Waals surface area contributed by atoms with Crippen molar-refractivity contribution in [2.45, 2.75) is 6.92 Å². The Morgan fingerprint density at radius 3 is 2.88 bits per heavy atom. The van der Waals surface area contributed by atoms with Crippen LogP contribution in [0.3, 0.4) is 0 Å². The van der Waals surface area contributed by atoms with Crippen molar-refractivity contribution in [3.8, 4) is 0 Å². The lowest BCUT2D eigenvalue weighted by Crippen LogP contribution is -2.12. The first-order valence-electron chi connectivity index (χ1n) is 2.21. The van der Waals surface area contributed by atoms with Crippen LogP contribution < -0.4 is 5.43 Å². The summed E-state index contributed by atoms with van der Waals surface area (Å²) < 4.78 is 0. The zero-order valence-electron chi connectivity index (χ0n) is 4.72. The van der Waals surface area contributed by atoms with Crippen molar-refractivity contribution in [2.75, 3.05) is 0 Å². The lowest BCUT2D eigenvalue weighted by Gasteiger charge is -1.86. The van der Waals surface area contributed by atoms with Crippen LogP contribution in [-0.4, -0.2) is 12.1 Å². The number of carbonyl (C=O) groups is 1. The third-order valence-electron chi connectivity index (χ3n) is 0.489. The highest BCUT2D eigenvalue weighted by molar-refractivity contribution is 5.86. The molecule has 0 fully saturated rings. The Labute approximate surface area is 48.1 Å². The van der Waals surface area contributed by atoms with Crippen molar-refractivity contribution >= 4 is 12.1 Å². The highest BCUT2D eigenvalue weighted by atomic mass is 16.2. The average Bonchev–Trinajstić information content (AvgIpc) is 1.83. The maximum Gasteiger partial charge on any atom is 0.263 e. The van der Waals surface area contributed by atoms with Gasteiger partial charge in [0.05, 0.1) is 0 Å². The summed E-state index contributed by atoms with van der Waals surface area (Å²) in [6.07, 6.45) is 2.65. The molecule has 0 saturated heterocycles. The number of carbonyl (C=O) groups excluding carboxylic acids is 1. The first kappa shape index (κ1) is 6.88. The molecular formula is C5H8N2O. The largest absolute Gasteiger partial charge is 0.268 e. The van der Waals surface area contributed by atoms with E-state index in [-0.39, 0.29) is 5.91 Å². The van der Waals surface area contributed by atoms with Crippen LogP contribution in [0, 0.1) is 0 Å². The Bertz CT molecular complexity index is 118. The molecule has 3 nitrogen and oxygen atoms in total. The Morgan fingerprint density at radius 1 is 1.88 bits per heavy atom. The third-order valence-corrected chi connectivity index (χ3v) is 0.489. The van der Waals surface area contributed by atoms with Gasteiger partial charge in [0.1, 0.15) is 0 Å². The zero-order chi connectivity index (χ0) is 6.41. The van der Waals surface area contributed by atoms with E-state index in [0.29, 0.717) is 0 Å². The Kier molecular flexibility index (Phi) is 3.48. The molecule has 0 radical (unpaired) electrons. The van der Waals surface area contributed by atoms with E-state index in [1.807, 2.05) is 0 Å². The molecule has 0 spiro atoms. The fraction of sp³-hybridized carbons (Fsp3) is 0.200. The maximum atomic E-state index is 10.2. The van der Waals surface area contributed by atoms with Gasteiger partial charge in [-0.1, -0.05) is 6.58 Å². The number of amides is 1. The molecule has 3 heteroatoms. The van der Waals surface area contributed by atoms with E-state index in [9.17, 15) is 4.79 Å². The average molecular weight is 112 g/mol. The van der Waals surface area contributed by atoms with Gasteiger partial charge in [0.2, 0.25) is 0 Å². The molecule has 0 aliphatic heterocycles. The molecule has 0 atom stereocenters. The summed E-state index contributed by atoms with van der Waals surface area (Å²) >= 11 is 0. The highest BCUT2D eigenvalue weighted by Crippen LogP contribution is 1.63. The monoisotopic (exact) mass is 112 g/mol. The summed E-state index contributed by atoms with van der Waals surface area (Å²) in [6, 6.07) is 0. The molecule has 0 saturated carbocycles. The predicted molar refractivity (Wildman–Crippen MR) is 32.5 cm³/mol. The molecular weight excluding hydrogens is 104 g/mol. The van der Waals surface area contributed by atoms with Crippen molar-refractivity contribution < 1.29 is 4.79 Å². The number of hydrazone groups is 1. The van der Waals surface area contributed by atoms with Gasteiger partial charge in [-0.05, 0) is 13.0 Å². The minimum atomic E-state index is -0.289. The van der Waals surface area contributed by atoms with E-state index in [0.717, 1.165) is 6.08 Å². The van der Waals surface area contributed by atoms with Crippen LogP contribution in [0.5, 0.6) is 0 Å². The van der Waals surface area contributed by atoms with Crippen molar-refractivity contribution in [3.63, 3.8) is 0 Å². The Morgan fingerprint density at radius 2 is 2.50 bits per heavy atom. The minimum Gasteiger partial charge on any atom is -0.268 e.